The largest absolute Gasteiger partial charge is 0.497 e. The zero-order valence-corrected chi connectivity index (χ0v) is 20.6. The molecule has 7 nitrogen and oxygen atoms in total. The summed E-state index contributed by atoms with van der Waals surface area (Å²) in [5.74, 6) is 3.64. The van der Waals surface area contributed by atoms with Crippen molar-refractivity contribution in [3.8, 4) is 23.0 Å². The number of nitrogens with one attached hydrogen (secondary N) is 2. The third kappa shape index (κ3) is 7.81. The van der Waals surface area contributed by atoms with Gasteiger partial charge in [0.2, 0.25) is 0 Å². The van der Waals surface area contributed by atoms with Crippen molar-refractivity contribution in [1.29, 1.82) is 0 Å². The van der Waals surface area contributed by atoms with E-state index in [1.165, 1.54) is 0 Å². The Morgan fingerprint density at radius 2 is 1.63 bits per heavy atom. The van der Waals surface area contributed by atoms with E-state index in [1.54, 1.807) is 21.3 Å². The molecule has 2 N–H and O–H groups in total. The molecule has 2 rings (SSSR count). The normalized spacial score (nSPS) is 11.7. The van der Waals surface area contributed by atoms with Gasteiger partial charge in [0.25, 0.3) is 0 Å². The Kier molecular flexibility index (Phi) is 11.8. The molecule has 0 heterocycles. The Bertz CT molecular complexity index is 802. The predicted molar refractivity (Wildman–Crippen MR) is 131 cm³/mol. The lowest BCUT2D eigenvalue weighted by atomic mass is 10.2. The minimum absolute atomic E-state index is 0. The van der Waals surface area contributed by atoms with Gasteiger partial charge in [0.15, 0.2) is 17.5 Å². The van der Waals surface area contributed by atoms with Crippen LogP contribution in [0, 0.1) is 0 Å². The van der Waals surface area contributed by atoms with E-state index in [0.717, 1.165) is 23.6 Å². The van der Waals surface area contributed by atoms with Gasteiger partial charge in [-0.2, -0.15) is 0 Å². The Labute approximate surface area is 196 Å². The van der Waals surface area contributed by atoms with Crippen LogP contribution in [0.1, 0.15) is 19.4 Å². The molecule has 0 saturated carbocycles. The van der Waals surface area contributed by atoms with Crippen molar-refractivity contribution >= 4 is 29.9 Å². The summed E-state index contributed by atoms with van der Waals surface area (Å²) < 4.78 is 22.0. The molecule has 0 aliphatic heterocycles. The van der Waals surface area contributed by atoms with Crippen LogP contribution in [0.3, 0.4) is 0 Å². The fourth-order valence-electron chi connectivity index (χ4n) is 2.70. The fourth-order valence-corrected chi connectivity index (χ4v) is 2.70. The maximum Gasteiger partial charge on any atom is 0.191 e. The van der Waals surface area contributed by atoms with Gasteiger partial charge in [0, 0.05) is 18.2 Å². The lowest BCUT2D eigenvalue weighted by Gasteiger charge is -2.19. The summed E-state index contributed by atoms with van der Waals surface area (Å²) in [6.07, 6.45) is -0.0781. The molecule has 1 unspecified atom stereocenters. The highest BCUT2D eigenvalue weighted by atomic mass is 127. The third-order valence-electron chi connectivity index (χ3n) is 4.20. The monoisotopic (exact) mass is 529 g/mol. The average molecular weight is 529 g/mol. The molecule has 1 atom stereocenters. The SMILES string of the molecule is CCNC(=NCc1ccc(OC)cc1OC)NCC(C)Oc1ccccc1OC.I. The van der Waals surface area contributed by atoms with Crippen LogP contribution in [0.25, 0.3) is 0 Å². The van der Waals surface area contributed by atoms with Crippen LogP contribution in [0.5, 0.6) is 23.0 Å². The van der Waals surface area contributed by atoms with Crippen molar-refractivity contribution in [3.05, 3.63) is 48.0 Å². The van der Waals surface area contributed by atoms with E-state index in [1.807, 2.05) is 56.3 Å². The number of methoxy groups -OCH3 is 3. The Morgan fingerprint density at radius 1 is 0.933 bits per heavy atom. The molecule has 0 fully saturated rings. The van der Waals surface area contributed by atoms with Crippen molar-refractivity contribution in [2.75, 3.05) is 34.4 Å². The smallest absolute Gasteiger partial charge is 0.191 e. The molecule has 0 radical (unpaired) electrons. The number of para-hydroxylation sites is 2. The second-order valence-corrected chi connectivity index (χ2v) is 6.33. The van der Waals surface area contributed by atoms with E-state index in [0.29, 0.717) is 30.5 Å². The van der Waals surface area contributed by atoms with Crippen molar-refractivity contribution in [3.63, 3.8) is 0 Å². The molecule has 0 saturated heterocycles. The molecular formula is C22H32IN3O4. The van der Waals surface area contributed by atoms with Gasteiger partial charge in [-0.25, -0.2) is 4.99 Å². The van der Waals surface area contributed by atoms with Gasteiger partial charge in [0.1, 0.15) is 17.6 Å². The number of halogens is 1. The first-order valence-corrected chi connectivity index (χ1v) is 9.64. The first-order chi connectivity index (χ1) is 14.1. The van der Waals surface area contributed by atoms with Crippen LogP contribution in [0.15, 0.2) is 47.5 Å². The Balaban J connectivity index is 0.00000450. The lowest BCUT2D eigenvalue weighted by Crippen LogP contribution is -2.41. The van der Waals surface area contributed by atoms with Crippen molar-refractivity contribution < 1.29 is 18.9 Å². The molecule has 166 valence electrons. The second-order valence-electron chi connectivity index (χ2n) is 6.33. The molecule has 0 aliphatic carbocycles. The van der Waals surface area contributed by atoms with Gasteiger partial charge in [-0.15, -0.1) is 24.0 Å². The highest BCUT2D eigenvalue weighted by molar-refractivity contribution is 14.0. The number of benzene rings is 2. The number of ether oxygens (including phenoxy) is 4. The molecule has 0 spiro atoms. The Morgan fingerprint density at radius 3 is 2.27 bits per heavy atom. The standard InChI is InChI=1S/C22H31N3O4.HI/c1-6-23-22(25-15-17-11-12-18(26-3)13-21(17)28-5)24-14-16(2)29-20-10-8-7-9-19(20)27-4;/h7-13,16H,6,14-15H2,1-5H3,(H2,23,24,25);1H. The molecule has 2 aromatic carbocycles. The van der Waals surface area contributed by atoms with Crippen LogP contribution in [0.2, 0.25) is 0 Å². The average Bonchev–Trinajstić information content (AvgIpc) is 2.75. The highest BCUT2D eigenvalue weighted by Crippen LogP contribution is 2.27. The third-order valence-corrected chi connectivity index (χ3v) is 4.20. The molecule has 0 bridgehead atoms. The fraction of sp³-hybridized carbons (Fsp3) is 0.409. The van der Waals surface area contributed by atoms with Crippen molar-refractivity contribution in [1.82, 2.24) is 10.6 Å². The Hall–Kier alpha value is -2.36. The van der Waals surface area contributed by atoms with E-state index in [4.69, 9.17) is 18.9 Å². The van der Waals surface area contributed by atoms with Crippen LogP contribution in [-0.2, 0) is 6.54 Å². The molecular weight excluding hydrogens is 497 g/mol. The van der Waals surface area contributed by atoms with E-state index in [-0.39, 0.29) is 30.1 Å². The number of aliphatic imine (C=N–C) groups is 1. The predicted octanol–water partition coefficient (Wildman–Crippen LogP) is 3.85. The summed E-state index contributed by atoms with van der Waals surface area (Å²) in [7, 11) is 4.91. The number of guanidine groups is 1. The number of hydrogen-bond acceptors (Lipinski definition) is 5. The summed E-state index contributed by atoms with van der Waals surface area (Å²) in [5.41, 5.74) is 0.976. The molecule has 8 heteroatoms. The zero-order chi connectivity index (χ0) is 21.1. The van der Waals surface area contributed by atoms with E-state index in [2.05, 4.69) is 15.6 Å². The van der Waals surface area contributed by atoms with Gasteiger partial charge in [-0.05, 0) is 38.1 Å². The minimum atomic E-state index is -0.0781. The van der Waals surface area contributed by atoms with E-state index >= 15 is 0 Å². The van der Waals surface area contributed by atoms with E-state index < -0.39 is 0 Å². The lowest BCUT2D eigenvalue weighted by molar-refractivity contribution is 0.213. The van der Waals surface area contributed by atoms with Crippen LogP contribution >= 0.6 is 24.0 Å². The molecule has 2 aromatic rings. The van der Waals surface area contributed by atoms with Gasteiger partial charge >= 0.3 is 0 Å². The topological polar surface area (TPSA) is 73.3 Å². The summed E-state index contributed by atoms with van der Waals surface area (Å²) in [6, 6.07) is 13.3. The van der Waals surface area contributed by atoms with Gasteiger partial charge in [0.05, 0.1) is 34.4 Å². The first kappa shape index (κ1) is 25.7. The number of rotatable bonds is 10. The van der Waals surface area contributed by atoms with Crippen molar-refractivity contribution in [2.24, 2.45) is 4.99 Å². The van der Waals surface area contributed by atoms with Crippen molar-refractivity contribution in [2.45, 2.75) is 26.5 Å². The summed E-state index contributed by atoms with van der Waals surface area (Å²) >= 11 is 0. The minimum Gasteiger partial charge on any atom is -0.497 e. The maximum atomic E-state index is 5.99. The van der Waals surface area contributed by atoms with Gasteiger partial charge in [-0.1, -0.05) is 12.1 Å². The zero-order valence-electron chi connectivity index (χ0n) is 18.2. The van der Waals surface area contributed by atoms with Crippen LogP contribution < -0.4 is 29.6 Å². The quantitative estimate of drug-likeness (QED) is 0.277. The number of nitrogens with zero attached hydrogens (tertiary/aromatic N) is 1. The highest BCUT2D eigenvalue weighted by Gasteiger charge is 2.10. The van der Waals surface area contributed by atoms with Crippen LogP contribution in [-0.4, -0.2) is 46.5 Å². The molecule has 0 aromatic heterocycles. The van der Waals surface area contributed by atoms with E-state index in [9.17, 15) is 0 Å². The molecule has 30 heavy (non-hydrogen) atoms. The summed E-state index contributed by atoms with van der Waals surface area (Å²) in [4.78, 5) is 4.65. The summed E-state index contributed by atoms with van der Waals surface area (Å²) in [5, 5.41) is 6.56. The second kappa shape index (κ2) is 13.8. The van der Waals surface area contributed by atoms with Crippen LogP contribution in [0.4, 0.5) is 0 Å². The molecule has 0 amide bonds. The first-order valence-electron chi connectivity index (χ1n) is 9.64. The molecule has 0 aliphatic rings. The van der Waals surface area contributed by atoms with Gasteiger partial charge < -0.3 is 29.6 Å². The summed E-state index contributed by atoms with van der Waals surface area (Å²) in [6.45, 7) is 5.84. The number of hydrogen-bond donors (Lipinski definition) is 2. The maximum absolute atomic E-state index is 5.99. The van der Waals surface area contributed by atoms with Gasteiger partial charge in [-0.3, -0.25) is 0 Å².